The molecule has 1 aromatic rings. The first-order chi connectivity index (χ1) is 8.25. The number of carbonyl (C=O) groups is 2. The Morgan fingerprint density at radius 2 is 2.00 bits per heavy atom. The molecule has 0 N–H and O–H groups in total. The van der Waals surface area contributed by atoms with Crippen LogP contribution in [-0.2, 0) is 20.8 Å². The highest BCUT2D eigenvalue weighted by Gasteiger charge is 2.15. The maximum absolute atomic E-state index is 11.2. The summed E-state index contributed by atoms with van der Waals surface area (Å²) in [5, 5.41) is 0. The van der Waals surface area contributed by atoms with Gasteiger partial charge in [0.05, 0.1) is 12.5 Å². The molecule has 0 bridgehead atoms. The summed E-state index contributed by atoms with van der Waals surface area (Å²) >= 11 is 0. The van der Waals surface area contributed by atoms with Crippen molar-refractivity contribution in [2.24, 2.45) is 0 Å². The zero-order chi connectivity index (χ0) is 12.1. The van der Waals surface area contributed by atoms with Crippen molar-refractivity contribution in [2.75, 3.05) is 6.61 Å². The second-order valence-electron chi connectivity index (χ2n) is 2.90. The molecule has 0 atom stereocenters. The summed E-state index contributed by atoms with van der Waals surface area (Å²) in [7, 11) is 0. The van der Waals surface area contributed by atoms with Crippen molar-refractivity contribution in [2.45, 2.75) is 6.61 Å². The molecule has 0 saturated heterocycles. The predicted octanol–water partition coefficient (Wildman–Crippen LogP) is 1.98. The quantitative estimate of drug-likeness (QED) is 0.641. The minimum absolute atomic E-state index is 0.0840. The van der Waals surface area contributed by atoms with Gasteiger partial charge >= 0.3 is 12.3 Å². The lowest BCUT2D eigenvalue weighted by Crippen LogP contribution is -2.12. The molecule has 0 spiro atoms. The second kappa shape index (κ2) is 5.06. The van der Waals surface area contributed by atoms with Gasteiger partial charge in [-0.2, -0.15) is 0 Å². The summed E-state index contributed by atoms with van der Waals surface area (Å²) < 4.78 is 23.7. The Bertz CT molecular complexity index is 445. The molecule has 17 heavy (non-hydrogen) atoms. The molecular formula is C10H8O7. The Hall–Kier alpha value is -2.44. The smallest absolute Gasteiger partial charge is 0.462 e. The van der Waals surface area contributed by atoms with Gasteiger partial charge < -0.3 is 23.4 Å². The lowest BCUT2D eigenvalue weighted by molar-refractivity contribution is 0.0686. The Kier molecular flexibility index (Phi) is 3.29. The number of cyclic esters (lactones) is 3. The fraction of sp³-hybridized carbons (Fsp3) is 0.200. The van der Waals surface area contributed by atoms with Crippen LogP contribution in [0.2, 0.25) is 0 Å². The molecule has 1 aromatic heterocycles. The molecule has 1 aliphatic rings. The second-order valence-corrected chi connectivity index (χ2v) is 2.90. The summed E-state index contributed by atoms with van der Waals surface area (Å²) in [4.78, 5) is 22.2. The highest BCUT2D eigenvalue weighted by molar-refractivity contribution is 5.64. The lowest BCUT2D eigenvalue weighted by atomic mass is 10.4. The van der Waals surface area contributed by atoms with E-state index in [2.05, 4.69) is 9.47 Å². The molecule has 0 aromatic carbocycles. The first-order valence-electron chi connectivity index (χ1n) is 4.65. The molecule has 0 fully saturated rings. The van der Waals surface area contributed by atoms with Crippen LogP contribution in [-0.4, -0.2) is 18.9 Å². The van der Waals surface area contributed by atoms with E-state index in [1.54, 1.807) is 0 Å². The Labute approximate surface area is 95.5 Å². The molecule has 0 saturated carbocycles. The third-order valence-corrected chi connectivity index (χ3v) is 1.78. The van der Waals surface area contributed by atoms with Crippen molar-refractivity contribution in [3.8, 4) is 5.75 Å². The molecular weight excluding hydrogens is 232 g/mol. The van der Waals surface area contributed by atoms with Crippen LogP contribution < -0.4 is 4.74 Å². The normalized spacial score (nSPS) is 18.4. The lowest BCUT2D eigenvalue weighted by Gasteiger charge is -2.06. The zero-order valence-corrected chi connectivity index (χ0v) is 8.58. The van der Waals surface area contributed by atoms with Gasteiger partial charge in [-0.15, -0.1) is 0 Å². The average molecular weight is 240 g/mol. The first-order valence-corrected chi connectivity index (χ1v) is 4.65. The van der Waals surface area contributed by atoms with Crippen LogP contribution >= 0.6 is 0 Å². The summed E-state index contributed by atoms with van der Waals surface area (Å²) in [5.41, 5.74) is 0. The summed E-state index contributed by atoms with van der Waals surface area (Å²) in [6, 6.07) is 1.41. The number of carbonyl (C=O) groups excluding carboxylic acids is 2. The Morgan fingerprint density at radius 1 is 1.12 bits per heavy atom. The van der Waals surface area contributed by atoms with Crippen molar-refractivity contribution in [3.05, 3.63) is 30.4 Å². The molecule has 2 heterocycles. The molecule has 0 unspecified atom stereocenters. The van der Waals surface area contributed by atoms with E-state index in [1.165, 1.54) is 18.4 Å². The topological polar surface area (TPSA) is 84.2 Å². The fourth-order valence-electron chi connectivity index (χ4n) is 1.06. The SMILES string of the molecule is O=C1O/C=C\COC(=O)Oc2ccoc2CO1. The summed E-state index contributed by atoms with van der Waals surface area (Å²) in [6.07, 6.45) is 1.89. The van der Waals surface area contributed by atoms with E-state index in [1.807, 2.05) is 0 Å². The van der Waals surface area contributed by atoms with Crippen molar-refractivity contribution in [1.82, 2.24) is 0 Å². The molecule has 7 nitrogen and oxygen atoms in total. The third-order valence-electron chi connectivity index (χ3n) is 1.78. The van der Waals surface area contributed by atoms with Crippen LogP contribution in [0.15, 0.2) is 29.1 Å². The largest absolute Gasteiger partial charge is 0.514 e. The predicted molar refractivity (Wildman–Crippen MR) is 51.1 cm³/mol. The van der Waals surface area contributed by atoms with Gasteiger partial charge in [0.25, 0.3) is 0 Å². The molecule has 0 amide bonds. The van der Waals surface area contributed by atoms with Gasteiger partial charge in [0, 0.05) is 6.07 Å². The van der Waals surface area contributed by atoms with E-state index < -0.39 is 12.3 Å². The van der Waals surface area contributed by atoms with Crippen LogP contribution in [0.3, 0.4) is 0 Å². The van der Waals surface area contributed by atoms with E-state index in [9.17, 15) is 9.59 Å². The average Bonchev–Trinajstić information content (AvgIpc) is 2.72. The number of furan rings is 1. The first kappa shape index (κ1) is 11.1. The zero-order valence-electron chi connectivity index (χ0n) is 8.58. The maximum Gasteiger partial charge on any atom is 0.514 e. The Morgan fingerprint density at radius 3 is 2.88 bits per heavy atom. The number of ether oxygens (including phenoxy) is 4. The van der Waals surface area contributed by atoms with E-state index in [-0.39, 0.29) is 24.7 Å². The van der Waals surface area contributed by atoms with Gasteiger partial charge in [-0.3, -0.25) is 0 Å². The minimum Gasteiger partial charge on any atom is -0.462 e. The van der Waals surface area contributed by atoms with Gasteiger partial charge in [0.1, 0.15) is 6.61 Å². The Balaban J connectivity index is 2.12. The third kappa shape index (κ3) is 3.00. The van der Waals surface area contributed by atoms with Crippen molar-refractivity contribution < 1.29 is 33.0 Å². The molecule has 0 radical (unpaired) electrons. The molecule has 7 heteroatoms. The van der Waals surface area contributed by atoms with Crippen LogP contribution in [0.1, 0.15) is 5.76 Å². The van der Waals surface area contributed by atoms with Crippen molar-refractivity contribution >= 4 is 12.3 Å². The number of fused-ring (bicyclic) bond motifs is 1. The van der Waals surface area contributed by atoms with Gasteiger partial charge in [-0.05, 0) is 6.08 Å². The fourth-order valence-corrected chi connectivity index (χ4v) is 1.06. The van der Waals surface area contributed by atoms with E-state index in [4.69, 9.17) is 13.9 Å². The number of hydrogen-bond donors (Lipinski definition) is 0. The molecule has 0 aliphatic carbocycles. The monoisotopic (exact) mass is 240 g/mol. The molecule has 90 valence electrons. The van der Waals surface area contributed by atoms with Gasteiger partial charge in [0.15, 0.2) is 18.1 Å². The number of hydrogen-bond acceptors (Lipinski definition) is 7. The van der Waals surface area contributed by atoms with E-state index in [0.717, 1.165) is 6.26 Å². The summed E-state index contributed by atoms with van der Waals surface area (Å²) in [5.74, 6) is 0.316. The molecule has 1 aliphatic heterocycles. The van der Waals surface area contributed by atoms with Crippen LogP contribution in [0, 0.1) is 0 Å². The summed E-state index contributed by atoms with van der Waals surface area (Å²) in [6.45, 7) is -0.290. The standard InChI is InChI=1S/C10H8O7/c11-9-14-3-1-4-15-10(12)17-7-2-5-13-8(7)6-16-9/h1-3,5H,4,6H2/b3-1-. The van der Waals surface area contributed by atoms with E-state index in [0.29, 0.717) is 0 Å². The van der Waals surface area contributed by atoms with Crippen molar-refractivity contribution in [3.63, 3.8) is 0 Å². The van der Waals surface area contributed by atoms with Crippen LogP contribution in [0.5, 0.6) is 5.75 Å². The highest BCUT2D eigenvalue weighted by Crippen LogP contribution is 2.21. The van der Waals surface area contributed by atoms with Gasteiger partial charge in [0.2, 0.25) is 0 Å². The van der Waals surface area contributed by atoms with E-state index >= 15 is 0 Å². The van der Waals surface area contributed by atoms with Crippen LogP contribution in [0.4, 0.5) is 9.59 Å². The maximum atomic E-state index is 11.2. The van der Waals surface area contributed by atoms with Crippen molar-refractivity contribution in [1.29, 1.82) is 0 Å². The minimum atomic E-state index is -0.893. The van der Waals surface area contributed by atoms with Gasteiger partial charge in [-0.25, -0.2) is 9.59 Å². The molecule has 2 rings (SSSR count). The number of rotatable bonds is 0. The van der Waals surface area contributed by atoms with Gasteiger partial charge in [-0.1, -0.05) is 0 Å². The highest BCUT2D eigenvalue weighted by atomic mass is 16.7. The van der Waals surface area contributed by atoms with Crippen LogP contribution in [0.25, 0.3) is 0 Å².